The van der Waals surface area contributed by atoms with Gasteiger partial charge in [-0.1, -0.05) is 25.3 Å². The summed E-state index contributed by atoms with van der Waals surface area (Å²) in [6.07, 6.45) is 3.73. The topological polar surface area (TPSA) is 95.5 Å². The summed E-state index contributed by atoms with van der Waals surface area (Å²) in [7, 11) is 1.54. The summed E-state index contributed by atoms with van der Waals surface area (Å²) in [5, 5.41) is 14.9. The number of carbonyl (C=O) groups excluding carboxylic acids is 2. The van der Waals surface area contributed by atoms with E-state index in [1.807, 2.05) is 6.92 Å². The summed E-state index contributed by atoms with van der Waals surface area (Å²) >= 11 is 0. The van der Waals surface area contributed by atoms with E-state index in [-0.39, 0.29) is 18.2 Å². The third kappa shape index (κ3) is 3.93. The van der Waals surface area contributed by atoms with Crippen LogP contribution in [0.5, 0.6) is 0 Å². The fraction of sp³-hybridized carbons (Fsp3) is 0.500. The Morgan fingerprint density at radius 1 is 1.17 bits per heavy atom. The molecule has 0 heterocycles. The van der Waals surface area contributed by atoms with E-state index < -0.39 is 11.4 Å². The lowest BCUT2D eigenvalue weighted by atomic mass is 9.71. The zero-order valence-corrected chi connectivity index (χ0v) is 14.1. The standard InChI is InChI=1S/C18H24N2O4/c1-12-6-7-13(16(22)19-2)10-14(12)20-15(21)11-18(17(23)24)8-4-3-5-9-18/h6-7,10H,3-5,8-9,11H2,1-2H3,(H,19,22)(H,20,21)(H,23,24). The molecule has 130 valence electrons. The van der Waals surface area contributed by atoms with Crippen LogP contribution in [0.2, 0.25) is 0 Å². The highest BCUT2D eigenvalue weighted by molar-refractivity contribution is 5.98. The van der Waals surface area contributed by atoms with E-state index in [9.17, 15) is 19.5 Å². The maximum Gasteiger partial charge on any atom is 0.310 e. The molecule has 0 saturated heterocycles. The molecule has 0 spiro atoms. The number of hydrogen-bond acceptors (Lipinski definition) is 3. The number of carboxylic acid groups (broad SMARTS) is 1. The van der Waals surface area contributed by atoms with Crippen molar-refractivity contribution in [1.82, 2.24) is 5.32 Å². The molecule has 1 aliphatic rings. The van der Waals surface area contributed by atoms with Crippen LogP contribution in [0, 0.1) is 12.3 Å². The molecule has 0 aliphatic heterocycles. The molecule has 1 fully saturated rings. The van der Waals surface area contributed by atoms with Gasteiger partial charge in [-0.3, -0.25) is 14.4 Å². The molecule has 0 bridgehead atoms. The fourth-order valence-electron chi connectivity index (χ4n) is 3.24. The Bertz CT molecular complexity index is 648. The van der Waals surface area contributed by atoms with Crippen LogP contribution in [0.25, 0.3) is 0 Å². The molecule has 2 rings (SSSR count). The predicted octanol–water partition coefficient (Wildman–Crippen LogP) is 2.72. The number of aryl methyl sites for hydroxylation is 1. The average molecular weight is 332 g/mol. The molecule has 2 amide bonds. The zero-order valence-electron chi connectivity index (χ0n) is 14.1. The van der Waals surface area contributed by atoms with E-state index in [1.165, 1.54) is 0 Å². The van der Waals surface area contributed by atoms with Crippen molar-refractivity contribution < 1.29 is 19.5 Å². The molecule has 3 N–H and O–H groups in total. The van der Waals surface area contributed by atoms with Gasteiger partial charge in [-0.2, -0.15) is 0 Å². The lowest BCUT2D eigenvalue weighted by Crippen LogP contribution is -2.37. The minimum atomic E-state index is -0.964. The van der Waals surface area contributed by atoms with Crippen LogP contribution >= 0.6 is 0 Å². The summed E-state index contributed by atoms with van der Waals surface area (Å²) in [6, 6.07) is 5.05. The third-order valence-corrected chi connectivity index (χ3v) is 4.76. The van der Waals surface area contributed by atoms with E-state index in [0.29, 0.717) is 24.1 Å². The van der Waals surface area contributed by atoms with Crippen LogP contribution in [0.3, 0.4) is 0 Å². The summed E-state index contributed by atoms with van der Waals surface area (Å²) < 4.78 is 0. The summed E-state index contributed by atoms with van der Waals surface area (Å²) in [5.74, 6) is -1.45. The van der Waals surface area contributed by atoms with Crippen molar-refractivity contribution in [3.63, 3.8) is 0 Å². The minimum Gasteiger partial charge on any atom is -0.481 e. The van der Waals surface area contributed by atoms with Gasteiger partial charge in [-0.25, -0.2) is 0 Å². The maximum absolute atomic E-state index is 12.4. The van der Waals surface area contributed by atoms with E-state index in [2.05, 4.69) is 10.6 Å². The number of rotatable bonds is 5. The third-order valence-electron chi connectivity index (χ3n) is 4.76. The van der Waals surface area contributed by atoms with Crippen LogP contribution in [0.15, 0.2) is 18.2 Å². The van der Waals surface area contributed by atoms with Gasteiger partial charge >= 0.3 is 5.97 Å². The quantitative estimate of drug-likeness (QED) is 0.772. The molecule has 24 heavy (non-hydrogen) atoms. The van der Waals surface area contributed by atoms with Crippen molar-refractivity contribution in [3.8, 4) is 0 Å². The van der Waals surface area contributed by atoms with E-state index in [1.54, 1.807) is 25.2 Å². The number of carbonyl (C=O) groups is 3. The monoisotopic (exact) mass is 332 g/mol. The van der Waals surface area contributed by atoms with Crippen molar-refractivity contribution in [2.45, 2.75) is 45.4 Å². The number of anilines is 1. The second-order valence-electron chi connectivity index (χ2n) is 6.48. The summed E-state index contributed by atoms with van der Waals surface area (Å²) in [5.41, 5.74) is 0.847. The number of aliphatic carboxylic acids is 1. The first-order valence-electron chi connectivity index (χ1n) is 8.24. The molecule has 1 aromatic carbocycles. The Morgan fingerprint density at radius 2 is 1.83 bits per heavy atom. The first-order chi connectivity index (χ1) is 11.4. The van der Waals surface area contributed by atoms with Gasteiger partial charge in [0.25, 0.3) is 5.91 Å². The molecular formula is C18H24N2O4. The van der Waals surface area contributed by atoms with Crippen molar-refractivity contribution in [3.05, 3.63) is 29.3 Å². The second-order valence-corrected chi connectivity index (χ2v) is 6.48. The van der Waals surface area contributed by atoms with Gasteiger partial charge in [0.05, 0.1) is 5.41 Å². The minimum absolute atomic E-state index is 0.0357. The first-order valence-corrected chi connectivity index (χ1v) is 8.24. The number of nitrogens with one attached hydrogen (secondary N) is 2. The SMILES string of the molecule is CNC(=O)c1ccc(C)c(NC(=O)CC2(C(=O)O)CCCCC2)c1. The first kappa shape index (κ1) is 18.0. The van der Waals surface area contributed by atoms with Gasteiger partial charge in [0.15, 0.2) is 0 Å². The molecule has 0 aromatic heterocycles. The molecule has 1 aliphatic carbocycles. The highest BCUT2D eigenvalue weighted by Gasteiger charge is 2.41. The molecule has 0 radical (unpaired) electrons. The predicted molar refractivity (Wildman–Crippen MR) is 91.0 cm³/mol. The van der Waals surface area contributed by atoms with Crippen molar-refractivity contribution >= 4 is 23.5 Å². The van der Waals surface area contributed by atoms with Gasteiger partial charge in [0, 0.05) is 24.7 Å². The molecule has 1 saturated carbocycles. The highest BCUT2D eigenvalue weighted by atomic mass is 16.4. The molecule has 1 aromatic rings. The van der Waals surface area contributed by atoms with Crippen LogP contribution in [-0.4, -0.2) is 29.9 Å². The van der Waals surface area contributed by atoms with Crippen LogP contribution in [0.4, 0.5) is 5.69 Å². The summed E-state index contributed by atoms with van der Waals surface area (Å²) in [6.45, 7) is 1.83. The van der Waals surface area contributed by atoms with Crippen molar-refractivity contribution in [1.29, 1.82) is 0 Å². The number of carboxylic acids is 1. The lowest BCUT2D eigenvalue weighted by Gasteiger charge is -2.32. The smallest absolute Gasteiger partial charge is 0.310 e. The Kier molecular flexibility index (Phi) is 5.59. The maximum atomic E-state index is 12.4. The van der Waals surface area contributed by atoms with Crippen LogP contribution in [0.1, 0.15) is 54.4 Å². The van der Waals surface area contributed by atoms with Gasteiger partial charge in [0.1, 0.15) is 0 Å². The van der Waals surface area contributed by atoms with Crippen molar-refractivity contribution in [2.24, 2.45) is 5.41 Å². The Morgan fingerprint density at radius 3 is 2.42 bits per heavy atom. The van der Waals surface area contributed by atoms with Gasteiger partial charge in [-0.15, -0.1) is 0 Å². The van der Waals surface area contributed by atoms with Gasteiger partial charge in [-0.05, 0) is 37.5 Å². The van der Waals surface area contributed by atoms with Crippen LogP contribution in [-0.2, 0) is 9.59 Å². The molecule has 0 unspecified atom stereocenters. The number of amides is 2. The van der Waals surface area contributed by atoms with E-state index in [4.69, 9.17) is 0 Å². The number of benzene rings is 1. The van der Waals surface area contributed by atoms with Gasteiger partial charge < -0.3 is 15.7 Å². The Labute approximate surface area is 141 Å². The van der Waals surface area contributed by atoms with Crippen LogP contribution < -0.4 is 10.6 Å². The molecule has 6 nitrogen and oxygen atoms in total. The van der Waals surface area contributed by atoms with Crippen molar-refractivity contribution in [2.75, 3.05) is 12.4 Å². The lowest BCUT2D eigenvalue weighted by molar-refractivity contribution is -0.153. The normalized spacial score (nSPS) is 16.2. The molecular weight excluding hydrogens is 308 g/mol. The zero-order chi connectivity index (χ0) is 17.7. The highest BCUT2D eigenvalue weighted by Crippen LogP contribution is 2.39. The Balaban J connectivity index is 2.14. The molecule has 0 atom stereocenters. The van der Waals surface area contributed by atoms with Gasteiger partial charge in [0.2, 0.25) is 5.91 Å². The largest absolute Gasteiger partial charge is 0.481 e. The average Bonchev–Trinajstić information content (AvgIpc) is 2.56. The van der Waals surface area contributed by atoms with E-state index >= 15 is 0 Å². The molecule has 6 heteroatoms. The Hall–Kier alpha value is -2.37. The second kappa shape index (κ2) is 7.47. The summed E-state index contributed by atoms with van der Waals surface area (Å²) in [4.78, 5) is 35.8. The van der Waals surface area contributed by atoms with E-state index in [0.717, 1.165) is 24.8 Å². The fourth-order valence-corrected chi connectivity index (χ4v) is 3.24. The number of hydrogen-bond donors (Lipinski definition) is 3.